The second-order valence-corrected chi connectivity index (χ2v) is 5.68. The van der Waals surface area contributed by atoms with Crippen molar-refractivity contribution in [1.29, 1.82) is 0 Å². The Kier molecular flexibility index (Phi) is 8.00. The van der Waals surface area contributed by atoms with Crippen molar-refractivity contribution in [3.8, 4) is 0 Å². The predicted octanol–water partition coefficient (Wildman–Crippen LogP) is 0.161. The van der Waals surface area contributed by atoms with Crippen LogP contribution in [0.25, 0.3) is 0 Å². The third-order valence-corrected chi connectivity index (χ3v) is 4.08. The molecule has 122 valence electrons. The van der Waals surface area contributed by atoms with Crippen molar-refractivity contribution < 1.29 is 14.3 Å². The van der Waals surface area contributed by atoms with Gasteiger partial charge in [-0.05, 0) is 38.1 Å². The molecule has 0 bridgehead atoms. The number of hydrogen-bond acceptors (Lipinski definition) is 4. The standard InChI is InChI=1S/C14H25N3O3.ClH/c1-20-10-13(18)17-7-3-4-11(9-17)8-16-14(19)12-5-2-6-15-12;/h11-12,15H,2-10H2,1H3,(H,16,19);1H. The molecule has 21 heavy (non-hydrogen) atoms. The van der Waals surface area contributed by atoms with Crippen LogP contribution in [0.5, 0.6) is 0 Å². The third kappa shape index (κ3) is 5.45. The van der Waals surface area contributed by atoms with Gasteiger partial charge < -0.3 is 20.3 Å². The van der Waals surface area contributed by atoms with Gasteiger partial charge in [0.15, 0.2) is 0 Å². The zero-order chi connectivity index (χ0) is 14.4. The van der Waals surface area contributed by atoms with Gasteiger partial charge in [0.2, 0.25) is 11.8 Å². The number of piperidine rings is 1. The van der Waals surface area contributed by atoms with E-state index in [0.717, 1.165) is 45.3 Å². The van der Waals surface area contributed by atoms with Crippen LogP contribution < -0.4 is 10.6 Å². The topological polar surface area (TPSA) is 70.7 Å². The molecule has 0 saturated carbocycles. The SMILES string of the molecule is COCC(=O)N1CCCC(CNC(=O)C2CCCN2)C1.Cl. The van der Waals surface area contributed by atoms with Crippen LogP contribution in [0.1, 0.15) is 25.7 Å². The number of nitrogens with zero attached hydrogens (tertiary/aromatic N) is 1. The first kappa shape index (κ1) is 18.2. The van der Waals surface area contributed by atoms with E-state index in [0.29, 0.717) is 12.5 Å². The highest BCUT2D eigenvalue weighted by Crippen LogP contribution is 2.16. The number of methoxy groups -OCH3 is 1. The fraction of sp³-hybridized carbons (Fsp3) is 0.857. The number of carbonyl (C=O) groups excluding carboxylic acids is 2. The molecule has 2 atom stereocenters. The van der Waals surface area contributed by atoms with Crippen molar-refractivity contribution in [2.75, 3.05) is 39.9 Å². The van der Waals surface area contributed by atoms with Gasteiger partial charge in [0.1, 0.15) is 6.61 Å². The van der Waals surface area contributed by atoms with E-state index in [4.69, 9.17) is 4.74 Å². The summed E-state index contributed by atoms with van der Waals surface area (Å²) in [6, 6.07) is -0.0233. The molecule has 0 aromatic rings. The molecule has 2 amide bonds. The molecule has 2 saturated heterocycles. The van der Waals surface area contributed by atoms with Crippen molar-refractivity contribution in [1.82, 2.24) is 15.5 Å². The van der Waals surface area contributed by atoms with Crippen molar-refractivity contribution in [3.63, 3.8) is 0 Å². The molecule has 6 nitrogen and oxygen atoms in total. The van der Waals surface area contributed by atoms with E-state index in [-0.39, 0.29) is 36.9 Å². The molecule has 2 aliphatic rings. The molecule has 2 unspecified atom stereocenters. The van der Waals surface area contributed by atoms with E-state index in [1.165, 1.54) is 7.11 Å². The maximum absolute atomic E-state index is 11.9. The average molecular weight is 320 g/mol. The molecule has 2 rings (SSSR count). The molecule has 0 aromatic heterocycles. The zero-order valence-electron chi connectivity index (χ0n) is 12.6. The Labute approximate surface area is 132 Å². The van der Waals surface area contributed by atoms with Gasteiger partial charge in [-0.3, -0.25) is 9.59 Å². The Hall–Kier alpha value is -0.850. The van der Waals surface area contributed by atoms with Crippen molar-refractivity contribution in [2.45, 2.75) is 31.7 Å². The van der Waals surface area contributed by atoms with Crippen LogP contribution in [-0.2, 0) is 14.3 Å². The summed E-state index contributed by atoms with van der Waals surface area (Å²) < 4.78 is 4.89. The van der Waals surface area contributed by atoms with E-state index in [9.17, 15) is 9.59 Å². The quantitative estimate of drug-likeness (QED) is 0.757. The molecule has 0 aromatic carbocycles. The monoisotopic (exact) mass is 319 g/mol. The zero-order valence-corrected chi connectivity index (χ0v) is 13.4. The first-order valence-corrected chi connectivity index (χ1v) is 7.48. The number of rotatable bonds is 5. The highest BCUT2D eigenvalue weighted by Gasteiger charge is 2.26. The molecule has 2 N–H and O–H groups in total. The second-order valence-electron chi connectivity index (χ2n) is 5.68. The molecule has 0 aliphatic carbocycles. The highest BCUT2D eigenvalue weighted by atomic mass is 35.5. The molecule has 7 heteroatoms. The molecule has 2 aliphatic heterocycles. The number of amides is 2. The van der Waals surface area contributed by atoms with Crippen LogP contribution in [0.15, 0.2) is 0 Å². The number of halogens is 1. The number of ether oxygens (including phenoxy) is 1. The van der Waals surface area contributed by atoms with Crippen LogP contribution in [-0.4, -0.2) is 62.7 Å². The van der Waals surface area contributed by atoms with Crippen molar-refractivity contribution >= 4 is 24.2 Å². The first-order valence-electron chi connectivity index (χ1n) is 7.48. The van der Waals surface area contributed by atoms with Gasteiger partial charge in [-0.15, -0.1) is 12.4 Å². The predicted molar refractivity (Wildman–Crippen MR) is 82.5 cm³/mol. The third-order valence-electron chi connectivity index (χ3n) is 4.08. The number of nitrogens with one attached hydrogen (secondary N) is 2. The Morgan fingerprint density at radius 2 is 2.14 bits per heavy atom. The van der Waals surface area contributed by atoms with Crippen molar-refractivity contribution in [2.24, 2.45) is 5.92 Å². The largest absolute Gasteiger partial charge is 0.375 e. The summed E-state index contributed by atoms with van der Waals surface area (Å²) >= 11 is 0. The normalized spacial score (nSPS) is 25.3. The molecular formula is C14H26ClN3O3. The van der Waals surface area contributed by atoms with Crippen LogP contribution >= 0.6 is 12.4 Å². The van der Waals surface area contributed by atoms with Gasteiger partial charge in [-0.1, -0.05) is 0 Å². The van der Waals surface area contributed by atoms with E-state index in [1.807, 2.05) is 4.90 Å². The fourth-order valence-electron chi connectivity index (χ4n) is 2.95. The van der Waals surface area contributed by atoms with Crippen LogP contribution in [0.3, 0.4) is 0 Å². The smallest absolute Gasteiger partial charge is 0.248 e. The van der Waals surface area contributed by atoms with Crippen molar-refractivity contribution in [3.05, 3.63) is 0 Å². The minimum Gasteiger partial charge on any atom is -0.375 e. The van der Waals surface area contributed by atoms with Gasteiger partial charge in [-0.2, -0.15) is 0 Å². The Morgan fingerprint density at radius 3 is 2.81 bits per heavy atom. The molecule has 0 spiro atoms. The van der Waals surface area contributed by atoms with E-state index < -0.39 is 0 Å². The molecule has 0 radical (unpaired) electrons. The van der Waals surface area contributed by atoms with Gasteiger partial charge >= 0.3 is 0 Å². The fourth-order valence-corrected chi connectivity index (χ4v) is 2.95. The average Bonchev–Trinajstić information content (AvgIpc) is 2.99. The molecule has 2 fully saturated rings. The van der Waals surface area contributed by atoms with E-state index in [2.05, 4.69) is 10.6 Å². The Bertz CT molecular complexity index is 348. The van der Waals surface area contributed by atoms with E-state index in [1.54, 1.807) is 0 Å². The number of likely N-dealkylation sites (tertiary alicyclic amines) is 1. The van der Waals surface area contributed by atoms with Gasteiger partial charge in [0.25, 0.3) is 0 Å². The summed E-state index contributed by atoms with van der Waals surface area (Å²) in [4.78, 5) is 25.6. The number of carbonyl (C=O) groups is 2. The summed E-state index contributed by atoms with van der Waals surface area (Å²) in [6.45, 7) is 3.26. The maximum Gasteiger partial charge on any atom is 0.248 e. The Balaban J connectivity index is 0.00000220. The minimum atomic E-state index is -0.0233. The lowest BCUT2D eigenvalue weighted by molar-refractivity contribution is -0.136. The van der Waals surface area contributed by atoms with Crippen LogP contribution in [0.2, 0.25) is 0 Å². The highest BCUT2D eigenvalue weighted by molar-refractivity contribution is 5.85. The maximum atomic E-state index is 11.9. The summed E-state index contributed by atoms with van der Waals surface area (Å²) in [7, 11) is 1.54. The minimum absolute atomic E-state index is 0. The van der Waals surface area contributed by atoms with Gasteiger partial charge in [0.05, 0.1) is 6.04 Å². The summed E-state index contributed by atoms with van der Waals surface area (Å²) in [5.41, 5.74) is 0. The van der Waals surface area contributed by atoms with Gasteiger partial charge in [0, 0.05) is 26.7 Å². The lowest BCUT2D eigenvalue weighted by Gasteiger charge is -2.33. The first-order chi connectivity index (χ1) is 9.70. The second kappa shape index (κ2) is 9.23. The summed E-state index contributed by atoms with van der Waals surface area (Å²) in [5, 5.41) is 6.21. The lowest BCUT2D eigenvalue weighted by atomic mass is 9.97. The molecular weight excluding hydrogens is 294 g/mol. The lowest BCUT2D eigenvalue weighted by Crippen LogP contribution is -2.47. The molecule has 2 heterocycles. The van der Waals surface area contributed by atoms with Crippen LogP contribution in [0, 0.1) is 5.92 Å². The number of hydrogen-bond donors (Lipinski definition) is 2. The van der Waals surface area contributed by atoms with Gasteiger partial charge in [-0.25, -0.2) is 0 Å². The van der Waals surface area contributed by atoms with Crippen LogP contribution in [0.4, 0.5) is 0 Å². The summed E-state index contributed by atoms with van der Waals surface area (Å²) in [5.74, 6) is 0.499. The summed E-state index contributed by atoms with van der Waals surface area (Å²) in [6.07, 6.45) is 4.06. The Morgan fingerprint density at radius 1 is 1.33 bits per heavy atom. The van der Waals surface area contributed by atoms with E-state index >= 15 is 0 Å².